The third-order valence-corrected chi connectivity index (χ3v) is 8.41. The molecule has 2 N–H and O–H groups in total. The lowest BCUT2D eigenvalue weighted by Crippen LogP contribution is -2.22. The van der Waals surface area contributed by atoms with E-state index in [9.17, 15) is 0 Å². The monoisotopic (exact) mass is 539 g/mol. The molecule has 7 heteroatoms. The molecule has 41 heavy (non-hydrogen) atoms. The zero-order valence-corrected chi connectivity index (χ0v) is 24.2. The molecule has 204 valence electrons. The van der Waals surface area contributed by atoms with E-state index in [0.717, 1.165) is 82.8 Å². The van der Waals surface area contributed by atoms with Gasteiger partial charge in [0.25, 0.3) is 0 Å². The second-order valence-corrected chi connectivity index (χ2v) is 11.7. The van der Waals surface area contributed by atoms with Crippen LogP contribution in [0.4, 0.5) is 5.69 Å². The first kappa shape index (κ1) is 25.3. The van der Waals surface area contributed by atoms with Crippen molar-refractivity contribution in [3.05, 3.63) is 72.6 Å². The molecule has 0 aliphatic rings. The smallest absolute Gasteiger partial charge is 0.115 e. The zero-order valence-electron chi connectivity index (χ0n) is 24.2. The van der Waals surface area contributed by atoms with Gasteiger partial charge in [0, 0.05) is 69.5 Å². The highest BCUT2D eigenvalue weighted by molar-refractivity contribution is 6.21. The molecule has 7 nitrogen and oxygen atoms in total. The standard InChI is InChI=1S/C34H33N7/c1-17(2)20(6)39-27-19(5)28-29(36-12-11-35-28)25-15-21(7-9-23(25)27)22-8-10-24-26(16-22)30-32(38-14-13-37-30)33-31(24)40-34(41-33)18(3)4/h7-18,20,39H,1-6H3,(H,40,41). The SMILES string of the molecule is Cc1c(NC(C)C(C)C)c2ccc(-c3ccc4c(c3)c3nccnc3c3[nH]c(C(C)C)nc43)cc2c2nccnc12. The van der Waals surface area contributed by atoms with Gasteiger partial charge in [0.1, 0.15) is 11.3 Å². The summed E-state index contributed by atoms with van der Waals surface area (Å²) >= 11 is 0. The van der Waals surface area contributed by atoms with Gasteiger partial charge in [-0.2, -0.15) is 0 Å². The summed E-state index contributed by atoms with van der Waals surface area (Å²) in [6, 6.07) is 13.5. The third-order valence-electron chi connectivity index (χ3n) is 8.41. The molecule has 7 aromatic rings. The second-order valence-electron chi connectivity index (χ2n) is 11.7. The van der Waals surface area contributed by atoms with Gasteiger partial charge in [-0.05, 0) is 43.0 Å². The number of anilines is 1. The molecule has 0 radical (unpaired) electrons. The number of hydrogen-bond donors (Lipinski definition) is 2. The maximum Gasteiger partial charge on any atom is 0.115 e. The predicted octanol–water partition coefficient (Wildman–Crippen LogP) is 8.31. The molecule has 3 aromatic heterocycles. The molecular weight excluding hydrogens is 506 g/mol. The van der Waals surface area contributed by atoms with E-state index >= 15 is 0 Å². The van der Waals surface area contributed by atoms with Crippen LogP contribution in [0.2, 0.25) is 0 Å². The number of nitrogens with one attached hydrogen (secondary N) is 2. The van der Waals surface area contributed by atoms with E-state index in [1.54, 1.807) is 24.8 Å². The van der Waals surface area contributed by atoms with E-state index < -0.39 is 0 Å². The van der Waals surface area contributed by atoms with Crippen LogP contribution in [0.1, 0.15) is 51.9 Å². The lowest BCUT2D eigenvalue weighted by molar-refractivity contribution is 0.560. The van der Waals surface area contributed by atoms with Crippen LogP contribution in [0.15, 0.2) is 61.2 Å². The Hall–Kier alpha value is -4.65. The largest absolute Gasteiger partial charge is 0.382 e. The van der Waals surface area contributed by atoms with Crippen molar-refractivity contribution in [2.75, 3.05) is 5.32 Å². The van der Waals surface area contributed by atoms with Crippen molar-refractivity contribution in [1.82, 2.24) is 29.9 Å². The fraction of sp³-hybridized carbons (Fsp3) is 0.265. The van der Waals surface area contributed by atoms with Crippen molar-refractivity contribution in [2.45, 2.75) is 53.5 Å². The Morgan fingerprint density at radius 3 is 1.83 bits per heavy atom. The highest BCUT2D eigenvalue weighted by Gasteiger charge is 2.19. The minimum absolute atomic E-state index is 0.283. The molecule has 0 aliphatic carbocycles. The number of benzene rings is 4. The van der Waals surface area contributed by atoms with Gasteiger partial charge in [0.2, 0.25) is 0 Å². The molecule has 0 spiro atoms. The summed E-state index contributed by atoms with van der Waals surface area (Å²) in [4.78, 5) is 27.5. The Labute approximate surface area is 238 Å². The zero-order chi connectivity index (χ0) is 28.4. The number of rotatable bonds is 5. The molecule has 0 bridgehead atoms. The molecular formula is C34H33N7. The summed E-state index contributed by atoms with van der Waals surface area (Å²) < 4.78 is 0. The minimum Gasteiger partial charge on any atom is -0.382 e. The number of nitrogens with zero attached hydrogens (tertiary/aromatic N) is 5. The molecule has 0 saturated carbocycles. The highest BCUT2D eigenvalue weighted by atomic mass is 14.9. The molecule has 4 aromatic carbocycles. The van der Waals surface area contributed by atoms with Gasteiger partial charge in [0.05, 0.1) is 27.6 Å². The minimum atomic E-state index is 0.283. The molecule has 0 saturated heterocycles. The van der Waals surface area contributed by atoms with Crippen LogP contribution in [0.5, 0.6) is 0 Å². The summed E-state index contributed by atoms with van der Waals surface area (Å²) in [6.07, 6.45) is 7.06. The van der Waals surface area contributed by atoms with Crippen molar-refractivity contribution in [3.8, 4) is 11.1 Å². The number of imidazole rings is 1. The van der Waals surface area contributed by atoms with E-state index in [2.05, 4.69) is 88.2 Å². The second kappa shape index (κ2) is 9.47. The molecule has 0 fully saturated rings. The van der Waals surface area contributed by atoms with Gasteiger partial charge in [-0.25, -0.2) is 4.98 Å². The Morgan fingerprint density at radius 1 is 0.634 bits per heavy atom. The lowest BCUT2D eigenvalue weighted by atomic mass is 9.94. The summed E-state index contributed by atoms with van der Waals surface area (Å²) in [5, 5.41) is 8.14. The van der Waals surface area contributed by atoms with E-state index in [0.29, 0.717) is 12.0 Å². The topological polar surface area (TPSA) is 92.3 Å². The van der Waals surface area contributed by atoms with Crippen molar-refractivity contribution >= 4 is 60.3 Å². The predicted molar refractivity (Wildman–Crippen MR) is 169 cm³/mol. The van der Waals surface area contributed by atoms with Crippen LogP contribution in [0, 0.1) is 12.8 Å². The van der Waals surface area contributed by atoms with E-state index in [-0.39, 0.29) is 5.92 Å². The Kier molecular flexibility index (Phi) is 5.85. The summed E-state index contributed by atoms with van der Waals surface area (Å²) in [7, 11) is 0. The fourth-order valence-corrected chi connectivity index (χ4v) is 5.72. The van der Waals surface area contributed by atoms with Gasteiger partial charge in [-0.1, -0.05) is 52.0 Å². The van der Waals surface area contributed by atoms with Gasteiger partial charge in [0.15, 0.2) is 0 Å². The quantitative estimate of drug-likeness (QED) is 0.214. The molecule has 1 unspecified atom stereocenters. The molecule has 3 heterocycles. The van der Waals surface area contributed by atoms with Crippen LogP contribution >= 0.6 is 0 Å². The van der Waals surface area contributed by atoms with Crippen LogP contribution in [0.25, 0.3) is 65.8 Å². The number of aromatic amines is 1. The van der Waals surface area contributed by atoms with Crippen molar-refractivity contribution < 1.29 is 0 Å². The maximum absolute atomic E-state index is 4.98. The van der Waals surface area contributed by atoms with Crippen LogP contribution in [-0.4, -0.2) is 35.9 Å². The Morgan fingerprint density at radius 2 is 1.20 bits per heavy atom. The number of fused-ring (bicyclic) bond motifs is 9. The highest BCUT2D eigenvalue weighted by Crippen LogP contribution is 2.39. The summed E-state index contributed by atoms with van der Waals surface area (Å²) in [5.74, 6) is 1.73. The van der Waals surface area contributed by atoms with E-state index in [1.165, 1.54) is 0 Å². The van der Waals surface area contributed by atoms with E-state index in [1.807, 2.05) is 0 Å². The molecule has 0 aliphatic heterocycles. The van der Waals surface area contributed by atoms with Gasteiger partial charge >= 0.3 is 0 Å². The number of H-pyrrole nitrogens is 1. The molecule has 7 rings (SSSR count). The van der Waals surface area contributed by atoms with Crippen LogP contribution in [-0.2, 0) is 0 Å². The average molecular weight is 540 g/mol. The first-order chi connectivity index (χ1) is 19.8. The first-order valence-electron chi connectivity index (χ1n) is 14.3. The van der Waals surface area contributed by atoms with Crippen molar-refractivity contribution in [2.24, 2.45) is 5.92 Å². The van der Waals surface area contributed by atoms with Crippen molar-refractivity contribution in [1.29, 1.82) is 0 Å². The Bertz CT molecular complexity index is 2120. The molecule has 0 amide bonds. The average Bonchev–Trinajstić information content (AvgIpc) is 3.45. The number of hydrogen-bond acceptors (Lipinski definition) is 6. The number of aromatic nitrogens is 6. The lowest BCUT2D eigenvalue weighted by Gasteiger charge is -2.23. The van der Waals surface area contributed by atoms with Crippen LogP contribution < -0.4 is 5.32 Å². The number of aryl methyl sites for hydroxylation is 1. The van der Waals surface area contributed by atoms with Gasteiger partial charge in [-0.15, -0.1) is 0 Å². The van der Waals surface area contributed by atoms with Crippen molar-refractivity contribution in [3.63, 3.8) is 0 Å². The fourth-order valence-electron chi connectivity index (χ4n) is 5.72. The van der Waals surface area contributed by atoms with Gasteiger partial charge in [-0.3, -0.25) is 19.9 Å². The van der Waals surface area contributed by atoms with Crippen LogP contribution in [0.3, 0.4) is 0 Å². The summed E-state index contributed by atoms with van der Waals surface area (Å²) in [5.41, 5.74) is 9.91. The third kappa shape index (κ3) is 3.98. The maximum atomic E-state index is 4.98. The normalized spacial score (nSPS) is 13.0. The Balaban J connectivity index is 1.47. The van der Waals surface area contributed by atoms with Gasteiger partial charge < -0.3 is 10.3 Å². The summed E-state index contributed by atoms with van der Waals surface area (Å²) in [6.45, 7) is 13.1. The van der Waals surface area contributed by atoms with E-state index in [4.69, 9.17) is 24.9 Å². The molecule has 1 atom stereocenters. The first-order valence-corrected chi connectivity index (χ1v) is 14.3.